The number of rotatable bonds is 4. The van der Waals surface area contributed by atoms with Crippen molar-refractivity contribution in [2.45, 2.75) is 44.6 Å². The highest BCUT2D eigenvalue weighted by atomic mass is 35.5. The lowest BCUT2D eigenvalue weighted by atomic mass is 9.71. The second-order valence-electron chi connectivity index (χ2n) is 8.81. The van der Waals surface area contributed by atoms with E-state index >= 15 is 0 Å². The van der Waals surface area contributed by atoms with Crippen LogP contribution in [-0.2, 0) is 4.79 Å². The Kier molecular flexibility index (Phi) is 5.71. The third-order valence-corrected chi connectivity index (χ3v) is 7.15. The number of nitrogens with one attached hydrogen (secondary N) is 1. The number of halogens is 4. The van der Waals surface area contributed by atoms with E-state index in [-0.39, 0.29) is 28.2 Å². The summed E-state index contributed by atoms with van der Waals surface area (Å²) in [7, 11) is 0. The lowest BCUT2D eigenvalue weighted by Gasteiger charge is -2.36. The number of carbonyl (C=O) groups excluding carboxylic acids is 2. The molecule has 2 aliphatic rings. The fourth-order valence-electron chi connectivity index (χ4n) is 4.96. The summed E-state index contributed by atoms with van der Waals surface area (Å²) < 4.78 is 40.7. The summed E-state index contributed by atoms with van der Waals surface area (Å²) in [4.78, 5) is 31.6. The van der Waals surface area contributed by atoms with Gasteiger partial charge in [0, 0.05) is 18.8 Å². The van der Waals surface area contributed by atoms with Crippen molar-refractivity contribution >= 4 is 34.7 Å². The predicted molar refractivity (Wildman–Crippen MR) is 118 cm³/mol. The van der Waals surface area contributed by atoms with Gasteiger partial charge >= 0.3 is 0 Å². The summed E-state index contributed by atoms with van der Waals surface area (Å²) >= 11 is 6.17. The number of amides is 2. The van der Waals surface area contributed by atoms with E-state index in [9.17, 15) is 22.8 Å². The van der Waals surface area contributed by atoms with Gasteiger partial charge in [0.25, 0.3) is 12.3 Å². The van der Waals surface area contributed by atoms with Crippen LogP contribution in [0.25, 0.3) is 5.65 Å². The van der Waals surface area contributed by atoms with Gasteiger partial charge in [-0.15, -0.1) is 0 Å². The fraction of sp³-hybridized carbons (Fsp3) is 0.391. The van der Waals surface area contributed by atoms with E-state index in [4.69, 9.17) is 11.6 Å². The molecule has 1 aliphatic heterocycles. The normalized spacial score (nSPS) is 22.8. The molecule has 2 fully saturated rings. The van der Waals surface area contributed by atoms with E-state index in [1.54, 1.807) is 4.90 Å². The Hall–Kier alpha value is -3.14. The molecule has 7 nitrogen and oxygen atoms in total. The molecule has 1 saturated carbocycles. The van der Waals surface area contributed by atoms with Gasteiger partial charge in [0.2, 0.25) is 5.91 Å². The average molecular weight is 492 g/mol. The molecule has 34 heavy (non-hydrogen) atoms. The molecule has 0 atom stereocenters. The first kappa shape index (κ1) is 22.6. The fourth-order valence-corrected chi connectivity index (χ4v) is 5.23. The Bertz CT molecular complexity index is 1270. The Balaban J connectivity index is 1.25. The number of anilines is 1. The first-order chi connectivity index (χ1) is 16.3. The van der Waals surface area contributed by atoms with Crippen molar-refractivity contribution in [3.8, 4) is 0 Å². The van der Waals surface area contributed by atoms with Crippen LogP contribution in [0.4, 0.5) is 18.9 Å². The zero-order valence-corrected chi connectivity index (χ0v) is 18.7. The summed E-state index contributed by atoms with van der Waals surface area (Å²) in [5, 5.41) is 7.15. The molecule has 11 heteroatoms. The van der Waals surface area contributed by atoms with Crippen molar-refractivity contribution in [1.29, 1.82) is 0 Å². The maximum absolute atomic E-state index is 13.4. The smallest absolute Gasteiger partial charge is 0.280 e. The molecule has 2 aromatic heterocycles. The summed E-state index contributed by atoms with van der Waals surface area (Å²) in [5.74, 6) is -0.928. The molecule has 1 aliphatic carbocycles. The number of fused-ring (bicyclic) bond motifs is 1. The van der Waals surface area contributed by atoms with Crippen LogP contribution in [0.2, 0.25) is 5.02 Å². The van der Waals surface area contributed by atoms with Gasteiger partial charge in [-0.1, -0.05) is 11.6 Å². The first-order valence-electron chi connectivity index (χ1n) is 11.0. The summed E-state index contributed by atoms with van der Waals surface area (Å²) in [6.07, 6.45) is 2.93. The third kappa shape index (κ3) is 3.89. The summed E-state index contributed by atoms with van der Waals surface area (Å²) in [6.45, 7) is 0.502. The highest BCUT2D eigenvalue weighted by Gasteiger charge is 2.49. The van der Waals surface area contributed by atoms with Crippen LogP contribution in [0.15, 0.2) is 36.7 Å². The molecule has 1 aromatic carbocycles. The average Bonchev–Trinajstić information content (AvgIpc) is 3.37. The van der Waals surface area contributed by atoms with Crippen LogP contribution in [0.1, 0.15) is 54.6 Å². The maximum Gasteiger partial charge on any atom is 0.280 e. The number of alkyl halides is 2. The molecule has 3 aromatic rings. The highest BCUT2D eigenvalue weighted by molar-refractivity contribution is 6.34. The molecule has 178 valence electrons. The van der Waals surface area contributed by atoms with Gasteiger partial charge in [-0.25, -0.2) is 22.7 Å². The van der Waals surface area contributed by atoms with Crippen LogP contribution in [0, 0.1) is 11.2 Å². The van der Waals surface area contributed by atoms with Crippen molar-refractivity contribution in [3.63, 3.8) is 0 Å². The third-order valence-electron chi connectivity index (χ3n) is 6.85. The van der Waals surface area contributed by atoms with Crippen molar-refractivity contribution in [2.75, 3.05) is 11.4 Å². The predicted octanol–water partition coefficient (Wildman–Crippen LogP) is 4.56. The van der Waals surface area contributed by atoms with E-state index in [0.29, 0.717) is 44.3 Å². The molecule has 1 spiro atoms. The summed E-state index contributed by atoms with van der Waals surface area (Å²) in [6, 6.07) is 4.99. The van der Waals surface area contributed by atoms with Crippen LogP contribution < -0.4 is 10.2 Å². The lowest BCUT2D eigenvalue weighted by Crippen LogP contribution is -2.44. The van der Waals surface area contributed by atoms with Gasteiger partial charge in [0.1, 0.15) is 17.1 Å². The Morgan fingerprint density at radius 2 is 1.97 bits per heavy atom. The van der Waals surface area contributed by atoms with Crippen molar-refractivity contribution < 1.29 is 22.8 Å². The van der Waals surface area contributed by atoms with Crippen LogP contribution in [0.3, 0.4) is 0 Å². The topological polar surface area (TPSA) is 79.6 Å². The molecular weight excluding hydrogens is 471 g/mol. The standard InChI is InChI=1S/C23H21ClF3N5O2/c24-16-11-13(25)1-2-18(16)31-10-8-23(22(31)34)6-3-14(4-7-23)29-21(33)15-12-28-32-9-5-17(19(26)27)30-20(15)32/h1-2,5,9,11-12,14,19H,3-4,6-8,10H2,(H,29,33). The number of carbonyl (C=O) groups is 2. The minimum atomic E-state index is -2.75. The Morgan fingerprint density at radius 3 is 2.68 bits per heavy atom. The van der Waals surface area contributed by atoms with Crippen LogP contribution >= 0.6 is 11.6 Å². The number of aromatic nitrogens is 3. The molecule has 1 N–H and O–H groups in total. The molecule has 0 radical (unpaired) electrons. The lowest BCUT2D eigenvalue weighted by molar-refractivity contribution is -0.127. The molecule has 1 saturated heterocycles. The Morgan fingerprint density at radius 1 is 1.21 bits per heavy atom. The monoisotopic (exact) mass is 491 g/mol. The largest absolute Gasteiger partial charge is 0.349 e. The number of benzene rings is 1. The van der Waals surface area contributed by atoms with Gasteiger partial charge in [0.05, 0.1) is 22.3 Å². The van der Waals surface area contributed by atoms with Gasteiger partial charge < -0.3 is 10.2 Å². The minimum absolute atomic E-state index is 0.0304. The van der Waals surface area contributed by atoms with E-state index in [0.717, 1.165) is 6.07 Å². The molecule has 0 unspecified atom stereocenters. The SMILES string of the molecule is O=C(NC1CCC2(CC1)CCN(c1ccc(F)cc1Cl)C2=O)c1cnn2ccc(C(F)F)nc12. The second-order valence-corrected chi connectivity index (χ2v) is 9.22. The molecule has 5 rings (SSSR count). The van der Waals surface area contributed by atoms with E-state index < -0.39 is 29.3 Å². The van der Waals surface area contributed by atoms with Gasteiger partial charge in [0.15, 0.2) is 5.65 Å². The number of hydrogen-bond donors (Lipinski definition) is 1. The van der Waals surface area contributed by atoms with E-state index in [1.165, 1.54) is 35.1 Å². The molecule has 2 amide bonds. The molecule has 3 heterocycles. The van der Waals surface area contributed by atoms with Gasteiger partial charge in [-0.3, -0.25) is 9.59 Å². The number of nitrogens with zero attached hydrogens (tertiary/aromatic N) is 4. The maximum atomic E-state index is 13.4. The van der Waals surface area contributed by atoms with Gasteiger partial charge in [-0.2, -0.15) is 5.10 Å². The second kappa shape index (κ2) is 8.57. The van der Waals surface area contributed by atoms with Gasteiger partial charge in [-0.05, 0) is 56.4 Å². The molecular formula is C23H21ClF3N5O2. The molecule has 0 bridgehead atoms. The van der Waals surface area contributed by atoms with Crippen molar-refractivity contribution in [1.82, 2.24) is 19.9 Å². The Labute approximate surface area is 197 Å². The first-order valence-corrected chi connectivity index (χ1v) is 11.4. The zero-order valence-electron chi connectivity index (χ0n) is 18.0. The van der Waals surface area contributed by atoms with E-state index in [1.807, 2.05) is 0 Å². The van der Waals surface area contributed by atoms with Crippen molar-refractivity contribution in [2.24, 2.45) is 5.41 Å². The summed E-state index contributed by atoms with van der Waals surface area (Å²) in [5.41, 5.74) is -0.259. The highest BCUT2D eigenvalue weighted by Crippen LogP contribution is 2.47. The number of hydrogen-bond acceptors (Lipinski definition) is 4. The van der Waals surface area contributed by atoms with Crippen molar-refractivity contribution in [3.05, 3.63) is 58.8 Å². The minimum Gasteiger partial charge on any atom is -0.349 e. The van der Waals surface area contributed by atoms with Crippen LogP contribution in [-0.4, -0.2) is 39.0 Å². The van der Waals surface area contributed by atoms with E-state index in [2.05, 4.69) is 15.4 Å². The zero-order chi connectivity index (χ0) is 24.0. The van der Waals surface area contributed by atoms with Crippen LogP contribution in [0.5, 0.6) is 0 Å². The quantitative estimate of drug-likeness (QED) is 0.580.